The zero-order valence-electron chi connectivity index (χ0n) is 15.9. The first-order valence-electron chi connectivity index (χ1n) is 8.46. The number of rotatable bonds is 3. The van der Waals surface area contributed by atoms with Crippen LogP contribution in [0.3, 0.4) is 0 Å². The Kier molecular flexibility index (Phi) is 5.06. The second-order valence-corrected chi connectivity index (χ2v) is 9.97. The molecule has 0 saturated carbocycles. The molecule has 1 N–H and O–H groups in total. The summed E-state index contributed by atoms with van der Waals surface area (Å²) in [6, 6.07) is 6.44. The molecule has 5 nitrogen and oxygen atoms in total. The summed E-state index contributed by atoms with van der Waals surface area (Å²) >= 11 is 0. The van der Waals surface area contributed by atoms with Gasteiger partial charge in [0.2, 0.25) is 0 Å². The van der Waals surface area contributed by atoms with Gasteiger partial charge in [0, 0.05) is 23.9 Å². The lowest BCUT2D eigenvalue weighted by molar-refractivity contribution is -0.117. The zero-order valence-corrected chi connectivity index (χ0v) is 16.7. The van der Waals surface area contributed by atoms with Crippen LogP contribution in [0, 0.1) is 12.3 Å². The molecule has 0 atom stereocenters. The van der Waals surface area contributed by atoms with Gasteiger partial charge in [-0.05, 0) is 51.7 Å². The van der Waals surface area contributed by atoms with Crippen LogP contribution in [0.5, 0.6) is 0 Å². The van der Waals surface area contributed by atoms with Crippen molar-refractivity contribution < 1.29 is 13.2 Å². The second kappa shape index (κ2) is 6.48. The van der Waals surface area contributed by atoms with Crippen molar-refractivity contribution in [3.63, 3.8) is 0 Å². The van der Waals surface area contributed by atoms with Crippen LogP contribution in [0.15, 0.2) is 40.9 Å². The van der Waals surface area contributed by atoms with Crippen LogP contribution in [-0.2, 0) is 14.8 Å². The van der Waals surface area contributed by atoms with Crippen molar-refractivity contribution in [2.75, 3.05) is 6.54 Å². The highest BCUT2D eigenvalue weighted by atomic mass is 32.2. The highest BCUT2D eigenvalue weighted by molar-refractivity contribution is 7.90. The van der Waals surface area contributed by atoms with E-state index < -0.39 is 15.9 Å². The molecule has 6 heteroatoms. The molecule has 0 fully saturated rings. The Morgan fingerprint density at radius 2 is 1.72 bits per heavy atom. The normalized spacial score (nSPS) is 17.8. The summed E-state index contributed by atoms with van der Waals surface area (Å²) in [7, 11) is -3.89. The number of carbonyl (C=O) groups excluding carboxylic acids is 1. The lowest BCUT2D eigenvalue weighted by Crippen LogP contribution is -2.46. The fourth-order valence-corrected chi connectivity index (χ4v) is 3.74. The summed E-state index contributed by atoms with van der Waals surface area (Å²) in [5.74, 6) is -0.556. The third-order valence-electron chi connectivity index (χ3n) is 4.66. The van der Waals surface area contributed by atoms with Crippen molar-refractivity contribution in [3.05, 3.63) is 41.6 Å². The summed E-state index contributed by atoms with van der Waals surface area (Å²) in [6.45, 7) is 12.9. The van der Waals surface area contributed by atoms with E-state index in [4.69, 9.17) is 0 Å². The van der Waals surface area contributed by atoms with E-state index in [0.717, 1.165) is 18.5 Å². The Hall–Kier alpha value is -1.82. The number of nitrogens with zero attached hydrogens (tertiary/aromatic N) is 1. The van der Waals surface area contributed by atoms with Gasteiger partial charge in [0.15, 0.2) is 0 Å². The van der Waals surface area contributed by atoms with Gasteiger partial charge in [-0.2, -0.15) is 0 Å². The van der Waals surface area contributed by atoms with Crippen LogP contribution < -0.4 is 4.72 Å². The molecule has 0 radical (unpaired) electrons. The number of hydrogen-bond donors (Lipinski definition) is 1. The lowest BCUT2D eigenvalue weighted by Gasteiger charge is -2.43. The van der Waals surface area contributed by atoms with Crippen LogP contribution in [-0.4, -0.2) is 31.3 Å². The Balaban J connectivity index is 2.31. The zero-order chi connectivity index (χ0) is 19.0. The Bertz CT molecular complexity index is 785. The SMILES string of the molecule is Cc1ccc(S(=O)(=O)NC(=O)C2=CN(C(C)(C)C)CCC2(C)C)cc1. The predicted octanol–water partition coefficient (Wildman–Crippen LogP) is 3.21. The van der Waals surface area contributed by atoms with Gasteiger partial charge in [0.05, 0.1) is 4.90 Å². The Morgan fingerprint density at radius 3 is 2.24 bits per heavy atom. The standard InChI is InChI=1S/C19H28N2O3S/c1-14-7-9-15(10-8-14)25(23,24)20-17(22)16-13-21(18(2,3)4)12-11-19(16,5)6/h7-10,13H,11-12H2,1-6H3,(H,20,22). The number of nitrogens with one attached hydrogen (secondary N) is 1. The molecule has 1 aliphatic heterocycles. The summed E-state index contributed by atoms with van der Waals surface area (Å²) in [4.78, 5) is 14.9. The first-order valence-corrected chi connectivity index (χ1v) is 9.94. The molecule has 0 saturated heterocycles. The Morgan fingerprint density at radius 1 is 1.16 bits per heavy atom. The van der Waals surface area contributed by atoms with E-state index in [0.29, 0.717) is 5.57 Å². The molecule has 1 amide bonds. The molecule has 0 spiro atoms. The van der Waals surface area contributed by atoms with E-state index in [-0.39, 0.29) is 15.8 Å². The fourth-order valence-electron chi connectivity index (χ4n) is 2.78. The van der Waals surface area contributed by atoms with E-state index in [1.54, 1.807) is 12.1 Å². The highest BCUT2D eigenvalue weighted by Gasteiger charge is 2.36. The largest absolute Gasteiger partial charge is 0.372 e. The summed E-state index contributed by atoms with van der Waals surface area (Å²) < 4.78 is 27.3. The maximum atomic E-state index is 12.8. The molecule has 0 unspecified atom stereocenters. The first-order chi connectivity index (χ1) is 11.3. The van der Waals surface area contributed by atoms with Gasteiger partial charge < -0.3 is 4.90 Å². The third-order valence-corrected chi connectivity index (χ3v) is 6.00. The van der Waals surface area contributed by atoms with Crippen molar-refractivity contribution >= 4 is 15.9 Å². The van der Waals surface area contributed by atoms with Gasteiger partial charge in [0.1, 0.15) is 0 Å². The monoisotopic (exact) mass is 364 g/mol. The van der Waals surface area contributed by atoms with Gasteiger partial charge in [-0.15, -0.1) is 0 Å². The lowest BCUT2D eigenvalue weighted by atomic mass is 9.78. The molecular formula is C19H28N2O3S. The number of sulfonamides is 1. The minimum Gasteiger partial charge on any atom is -0.372 e. The minimum atomic E-state index is -3.89. The van der Waals surface area contributed by atoms with Crippen molar-refractivity contribution in [3.8, 4) is 0 Å². The summed E-state index contributed by atoms with van der Waals surface area (Å²) in [5.41, 5.74) is 0.943. The van der Waals surface area contributed by atoms with Crippen molar-refractivity contribution in [2.45, 2.75) is 58.4 Å². The molecule has 1 heterocycles. The van der Waals surface area contributed by atoms with Crippen molar-refractivity contribution in [1.29, 1.82) is 0 Å². The number of carbonyl (C=O) groups is 1. The van der Waals surface area contributed by atoms with E-state index in [1.807, 2.05) is 27.0 Å². The van der Waals surface area contributed by atoms with Gasteiger partial charge in [-0.25, -0.2) is 13.1 Å². The van der Waals surface area contributed by atoms with Crippen LogP contribution in [0.1, 0.15) is 46.6 Å². The van der Waals surface area contributed by atoms with Gasteiger partial charge in [0.25, 0.3) is 15.9 Å². The molecule has 1 aromatic rings. The maximum absolute atomic E-state index is 12.8. The average molecular weight is 365 g/mol. The number of aryl methyl sites for hydroxylation is 1. The molecular weight excluding hydrogens is 336 g/mol. The third kappa shape index (κ3) is 4.42. The van der Waals surface area contributed by atoms with Gasteiger partial charge >= 0.3 is 0 Å². The van der Waals surface area contributed by atoms with Crippen LogP contribution in [0.4, 0.5) is 0 Å². The predicted molar refractivity (Wildman–Crippen MR) is 99.4 cm³/mol. The molecule has 0 aromatic heterocycles. The van der Waals surface area contributed by atoms with Crippen LogP contribution in [0.2, 0.25) is 0 Å². The number of hydrogen-bond acceptors (Lipinski definition) is 4. The van der Waals surface area contributed by atoms with E-state index >= 15 is 0 Å². The molecule has 0 aliphatic carbocycles. The van der Waals surface area contributed by atoms with E-state index in [9.17, 15) is 13.2 Å². The molecule has 138 valence electrons. The van der Waals surface area contributed by atoms with Crippen LogP contribution in [0.25, 0.3) is 0 Å². The second-order valence-electron chi connectivity index (χ2n) is 8.29. The number of benzene rings is 1. The van der Waals surface area contributed by atoms with Gasteiger partial charge in [-0.1, -0.05) is 31.5 Å². The highest BCUT2D eigenvalue weighted by Crippen LogP contribution is 2.37. The van der Waals surface area contributed by atoms with Crippen LogP contribution >= 0.6 is 0 Å². The minimum absolute atomic E-state index is 0.0911. The quantitative estimate of drug-likeness (QED) is 0.894. The average Bonchev–Trinajstić information content (AvgIpc) is 2.45. The summed E-state index contributed by atoms with van der Waals surface area (Å²) in [6.07, 6.45) is 2.59. The molecule has 1 aromatic carbocycles. The van der Waals surface area contributed by atoms with E-state index in [1.165, 1.54) is 12.1 Å². The molecule has 0 bridgehead atoms. The van der Waals surface area contributed by atoms with E-state index in [2.05, 4.69) is 30.4 Å². The summed E-state index contributed by atoms with van der Waals surface area (Å²) in [5, 5.41) is 0. The molecule has 2 rings (SSSR count). The topological polar surface area (TPSA) is 66.5 Å². The Labute approximate surface area is 151 Å². The van der Waals surface area contributed by atoms with Crippen molar-refractivity contribution in [2.24, 2.45) is 5.41 Å². The molecule has 25 heavy (non-hydrogen) atoms. The van der Waals surface area contributed by atoms with Gasteiger partial charge in [-0.3, -0.25) is 4.79 Å². The number of amides is 1. The first kappa shape index (κ1) is 19.5. The molecule has 1 aliphatic rings. The smallest absolute Gasteiger partial charge is 0.264 e. The fraction of sp³-hybridized carbons (Fsp3) is 0.526. The van der Waals surface area contributed by atoms with Crippen molar-refractivity contribution in [1.82, 2.24) is 9.62 Å². The maximum Gasteiger partial charge on any atom is 0.264 e.